The highest BCUT2D eigenvalue weighted by atomic mass is 16.7. The van der Waals surface area contributed by atoms with Crippen molar-refractivity contribution in [2.24, 2.45) is 0 Å². The van der Waals surface area contributed by atoms with Crippen LogP contribution in [0.15, 0.2) is 0 Å². The third kappa shape index (κ3) is 2.96. The molecule has 2 saturated heterocycles. The van der Waals surface area contributed by atoms with Crippen molar-refractivity contribution in [2.45, 2.75) is 62.2 Å². The summed E-state index contributed by atoms with van der Waals surface area (Å²) in [6, 6.07) is 0. The molecular formula is C11H20O9. The summed E-state index contributed by atoms with van der Waals surface area (Å²) in [5, 5.41) is 57.3. The van der Waals surface area contributed by atoms with Crippen molar-refractivity contribution in [3.8, 4) is 0 Å². The lowest BCUT2D eigenvalue weighted by Gasteiger charge is -2.42. The van der Waals surface area contributed by atoms with Crippen molar-refractivity contribution in [1.82, 2.24) is 0 Å². The number of rotatable bonds is 2. The topological polar surface area (TPSA) is 149 Å². The smallest absolute Gasteiger partial charge is 0.187 e. The van der Waals surface area contributed by atoms with Crippen LogP contribution in [0.4, 0.5) is 0 Å². The number of aliphatic hydroxyl groups is 6. The molecule has 9 heteroatoms. The summed E-state index contributed by atoms with van der Waals surface area (Å²) < 4.78 is 15.3. The van der Waals surface area contributed by atoms with Gasteiger partial charge in [-0.3, -0.25) is 0 Å². The third-order valence-electron chi connectivity index (χ3n) is 3.57. The first-order valence-electron chi connectivity index (χ1n) is 6.34. The Hall–Kier alpha value is -0.360. The maximum Gasteiger partial charge on any atom is 0.187 e. The molecule has 2 aliphatic heterocycles. The van der Waals surface area contributed by atoms with Gasteiger partial charge in [0, 0.05) is 0 Å². The van der Waals surface area contributed by atoms with Gasteiger partial charge >= 0.3 is 0 Å². The minimum atomic E-state index is -1.55. The van der Waals surface area contributed by atoms with Gasteiger partial charge in [0.05, 0.1) is 12.7 Å². The molecule has 2 fully saturated rings. The quantitative estimate of drug-likeness (QED) is 0.302. The lowest BCUT2D eigenvalue weighted by molar-refractivity contribution is -0.336. The Kier molecular flexibility index (Phi) is 4.95. The van der Waals surface area contributed by atoms with E-state index in [0.29, 0.717) is 0 Å². The van der Waals surface area contributed by atoms with Crippen molar-refractivity contribution in [2.75, 3.05) is 6.61 Å². The zero-order chi connectivity index (χ0) is 15.0. The molecule has 0 aliphatic carbocycles. The lowest BCUT2D eigenvalue weighted by atomic mass is 9.99. The van der Waals surface area contributed by atoms with Crippen LogP contribution in [0.1, 0.15) is 6.92 Å². The normalized spacial score (nSPS) is 53.9. The van der Waals surface area contributed by atoms with Crippen molar-refractivity contribution >= 4 is 0 Å². The maximum absolute atomic E-state index is 9.77. The molecule has 6 N–H and O–H groups in total. The number of hydrogen-bond acceptors (Lipinski definition) is 9. The summed E-state index contributed by atoms with van der Waals surface area (Å²) in [5.74, 6) is 0. The second-order valence-electron chi connectivity index (χ2n) is 5.06. The van der Waals surface area contributed by atoms with Crippen LogP contribution < -0.4 is 0 Å². The predicted molar refractivity (Wildman–Crippen MR) is 61.2 cm³/mol. The van der Waals surface area contributed by atoms with Gasteiger partial charge in [-0.1, -0.05) is 0 Å². The SMILES string of the molecule is C[C@@H]1O[C@@H](O[C@H]2CO[C@@H](O)[C@H](O)[C@H]2O)[C@H](O)[C@H](O)[C@H]1O. The van der Waals surface area contributed by atoms with E-state index in [1.807, 2.05) is 0 Å². The Morgan fingerprint density at radius 2 is 1.50 bits per heavy atom. The van der Waals surface area contributed by atoms with Crippen LogP contribution >= 0.6 is 0 Å². The molecule has 0 aromatic heterocycles. The Labute approximate surface area is 114 Å². The number of hydrogen-bond donors (Lipinski definition) is 6. The van der Waals surface area contributed by atoms with Crippen LogP contribution in [0.3, 0.4) is 0 Å². The molecule has 0 unspecified atom stereocenters. The summed E-state index contributed by atoms with van der Waals surface area (Å²) in [4.78, 5) is 0. The summed E-state index contributed by atoms with van der Waals surface area (Å²) in [5.41, 5.74) is 0. The van der Waals surface area contributed by atoms with E-state index >= 15 is 0 Å². The van der Waals surface area contributed by atoms with Crippen molar-refractivity contribution in [3.05, 3.63) is 0 Å². The van der Waals surface area contributed by atoms with E-state index in [2.05, 4.69) is 0 Å². The van der Waals surface area contributed by atoms with E-state index in [-0.39, 0.29) is 6.61 Å². The van der Waals surface area contributed by atoms with Crippen LogP contribution in [0, 0.1) is 0 Å². The first kappa shape index (κ1) is 16.0. The Morgan fingerprint density at radius 1 is 0.850 bits per heavy atom. The van der Waals surface area contributed by atoms with Gasteiger partial charge in [0.2, 0.25) is 0 Å². The van der Waals surface area contributed by atoms with Gasteiger partial charge in [0.15, 0.2) is 12.6 Å². The Morgan fingerprint density at radius 3 is 2.15 bits per heavy atom. The molecule has 2 aliphatic rings. The average molecular weight is 296 g/mol. The van der Waals surface area contributed by atoms with E-state index in [9.17, 15) is 30.6 Å². The molecule has 9 atom stereocenters. The molecule has 0 amide bonds. The molecule has 20 heavy (non-hydrogen) atoms. The minimum Gasteiger partial charge on any atom is -0.388 e. The highest BCUT2D eigenvalue weighted by Crippen LogP contribution is 2.25. The molecule has 0 radical (unpaired) electrons. The zero-order valence-corrected chi connectivity index (χ0v) is 10.8. The minimum absolute atomic E-state index is 0.223. The van der Waals surface area contributed by atoms with Gasteiger partial charge in [0.1, 0.15) is 36.6 Å². The van der Waals surface area contributed by atoms with Crippen LogP contribution in [-0.4, -0.2) is 92.6 Å². The van der Waals surface area contributed by atoms with Crippen molar-refractivity contribution in [1.29, 1.82) is 0 Å². The fourth-order valence-corrected chi connectivity index (χ4v) is 2.20. The fourth-order valence-electron chi connectivity index (χ4n) is 2.20. The summed E-state index contributed by atoms with van der Waals surface area (Å²) in [7, 11) is 0. The Balaban J connectivity index is 1.99. The predicted octanol–water partition coefficient (Wildman–Crippen LogP) is -3.73. The molecule has 2 heterocycles. The van der Waals surface area contributed by atoms with E-state index in [1.54, 1.807) is 0 Å². The fraction of sp³-hybridized carbons (Fsp3) is 1.00. The highest BCUT2D eigenvalue weighted by molar-refractivity contribution is 4.89. The molecule has 9 nitrogen and oxygen atoms in total. The second kappa shape index (κ2) is 6.18. The monoisotopic (exact) mass is 296 g/mol. The second-order valence-corrected chi connectivity index (χ2v) is 5.06. The van der Waals surface area contributed by atoms with Gasteiger partial charge in [-0.25, -0.2) is 0 Å². The number of aliphatic hydroxyl groups excluding tert-OH is 6. The molecule has 2 rings (SSSR count). The van der Waals surface area contributed by atoms with E-state index in [0.717, 1.165) is 0 Å². The lowest BCUT2D eigenvalue weighted by Crippen LogP contribution is -2.61. The van der Waals surface area contributed by atoms with Gasteiger partial charge in [-0.05, 0) is 6.92 Å². The van der Waals surface area contributed by atoms with Gasteiger partial charge in [-0.15, -0.1) is 0 Å². The average Bonchev–Trinajstić information content (AvgIpc) is 2.42. The van der Waals surface area contributed by atoms with Crippen LogP contribution in [0.25, 0.3) is 0 Å². The van der Waals surface area contributed by atoms with Crippen LogP contribution in [-0.2, 0) is 14.2 Å². The largest absolute Gasteiger partial charge is 0.388 e. The molecule has 0 saturated carbocycles. The summed E-state index contributed by atoms with van der Waals surface area (Å²) >= 11 is 0. The van der Waals surface area contributed by atoms with Gasteiger partial charge < -0.3 is 44.8 Å². The van der Waals surface area contributed by atoms with Crippen LogP contribution in [0.5, 0.6) is 0 Å². The highest BCUT2D eigenvalue weighted by Gasteiger charge is 2.46. The zero-order valence-electron chi connectivity index (χ0n) is 10.8. The summed E-state index contributed by atoms with van der Waals surface area (Å²) in [6.45, 7) is 1.27. The molecule has 0 bridgehead atoms. The van der Waals surface area contributed by atoms with Crippen LogP contribution in [0.2, 0.25) is 0 Å². The first-order valence-corrected chi connectivity index (χ1v) is 6.34. The van der Waals surface area contributed by atoms with E-state index in [4.69, 9.17) is 14.2 Å². The van der Waals surface area contributed by atoms with Gasteiger partial charge in [0.25, 0.3) is 0 Å². The first-order chi connectivity index (χ1) is 9.32. The molecule has 0 aromatic carbocycles. The molecular weight excluding hydrogens is 276 g/mol. The van der Waals surface area contributed by atoms with Gasteiger partial charge in [-0.2, -0.15) is 0 Å². The maximum atomic E-state index is 9.77. The van der Waals surface area contributed by atoms with E-state index < -0.39 is 55.3 Å². The third-order valence-corrected chi connectivity index (χ3v) is 3.57. The van der Waals surface area contributed by atoms with E-state index in [1.165, 1.54) is 6.92 Å². The molecule has 0 spiro atoms. The van der Waals surface area contributed by atoms with Crippen molar-refractivity contribution in [3.63, 3.8) is 0 Å². The molecule has 118 valence electrons. The molecule has 0 aromatic rings. The Bertz CT molecular complexity index is 327. The standard InChI is InChI=1S/C11H20O9/c1-3-5(12)7(14)9(16)11(19-3)20-4-2-18-10(17)8(15)6(4)13/h3-17H,2H2,1H3/t3-,4-,5-,6-,7+,8+,9+,10+,11-/m0/s1. The number of ether oxygens (including phenoxy) is 3. The summed E-state index contributed by atoms with van der Waals surface area (Å²) in [6.07, 6.45) is -11.9. The van der Waals surface area contributed by atoms with Crippen molar-refractivity contribution < 1.29 is 44.8 Å².